The maximum absolute atomic E-state index is 11.0. The molecule has 20 heavy (non-hydrogen) atoms. The predicted octanol–water partition coefficient (Wildman–Crippen LogP) is 0.385. The Balaban J connectivity index is 2.47. The van der Waals surface area contributed by atoms with Crippen LogP contribution in [0.15, 0.2) is 0 Å². The Labute approximate surface area is 118 Å². The van der Waals surface area contributed by atoms with Crippen LogP contribution in [0.3, 0.4) is 0 Å². The molecule has 0 aromatic carbocycles. The summed E-state index contributed by atoms with van der Waals surface area (Å²) >= 11 is 0. The summed E-state index contributed by atoms with van der Waals surface area (Å²) in [7, 11) is 0. The number of aliphatic hydroxyl groups is 1. The van der Waals surface area contributed by atoms with Crippen LogP contribution in [0.1, 0.15) is 33.1 Å². The van der Waals surface area contributed by atoms with Crippen molar-refractivity contribution in [2.75, 3.05) is 19.8 Å². The van der Waals surface area contributed by atoms with Gasteiger partial charge in [-0.3, -0.25) is 9.59 Å². The lowest BCUT2D eigenvalue weighted by Gasteiger charge is -2.34. The second-order valence-corrected chi connectivity index (χ2v) is 4.64. The lowest BCUT2D eigenvalue weighted by atomic mass is 10.1. The molecule has 0 aliphatic carbocycles. The second-order valence-electron chi connectivity index (χ2n) is 4.64. The summed E-state index contributed by atoms with van der Waals surface area (Å²) in [6.07, 6.45) is 0.193. The number of rotatable bonds is 7. The predicted molar refractivity (Wildman–Crippen MR) is 67.7 cm³/mol. The molecule has 0 aromatic rings. The first kappa shape index (κ1) is 16.9. The van der Waals surface area contributed by atoms with Crippen molar-refractivity contribution in [1.29, 1.82) is 0 Å². The van der Waals surface area contributed by atoms with Gasteiger partial charge in [0.1, 0.15) is 12.7 Å². The summed E-state index contributed by atoms with van der Waals surface area (Å²) in [6, 6.07) is 0. The van der Waals surface area contributed by atoms with Gasteiger partial charge in [0.05, 0.1) is 12.7 Å². The van der Waals surface area contributed by atoms with Crippen LogP contribution in [0.4, 0.5) is 0 Å². The molecule has 0 bridgehead atoms. The molecule has 0 saturated carbocycles. The van der Waals surface area contributed by atoms with Crippen molar-refractivity contribution < 1.29 is 33.6 Å². The lowest BCUT2D eigenvalue weighted by Crippen LogP contribution is -2.41. The highest BCUT2D eigenvalue weighted by Crippen LogP contribution is 2.23. The van der Waals surface area contributed by atoms with E-state index in [2.05, 4.69) is 0 Å². The SMILES string of the molecule is CC(=O)OC[C@@H]1C[C@H](OC(C)=O)C[C@H](OCCCO)O1. The molecule has 1 heterocycles. The van der Waals surface area contributed by atoms with Gasteiger partial charge in [-0.15, -0.1) is 0 Å². The minimum Gasteiger partial charge on any atom is -0.463 e. The van der Waals surface area contributed by atoms with Crippen molar-refractivity contribution >= 4 is 11.9 Å². The third-order valence-corrected chi connectivity index (χ3v) is 2.74. The van der Waals surface area contributed by atoms with Gasteiger partial charge in [0, 0.05) is 33.3 Å². The molecule has 1 aliphatic heterocycles. The van der Waals surface area contributed by atoms with Crippen LogP contribution in [0.5, 0.6) is 0 Å². The fraction of sp³-hybridized carbons (Fsp3) is 0.846. The Morgan fingerprint density at radius 1 is 1.25 bits per heavy atom. The average Bonchev–Trinajstić information content (AvgIpc) is 2.36. The highest BCUT2D eigenvalue weighted by molar-refractivity contribution is 5.66. The number of aliphatic hydroxyl groups excluding tert-OH is 1. The summed E-state index contributed by atoms with van der Waals surface area (Å²) in [6.45, 7) is 3.16. The van der Waals surface area contributed by atoms with E-state index in [-0.39, 0.29) is 37.4 Å². The third kappa shape index (κ3) is 6.83. The monoisotopic (exact) mass is 290 g/mol. The maximum atomic E-state index is 11.0. The van der Waals surface area contributed by atoms with Gasteiger partial charge in [-0.25, -0.2) is 0 Å². The molecule has 116 valence electrons. The van der Waals surface area contributed by atoms with Crippen molar-refractivity contribution in [2.24, 2.45) is 0 Å². The van der Waals surface area contributed by atoms with Crippen molar-refractivity contribution in [1.82, 2.24) is 0 Å². The van der Waals surface area contributed by atoms with Gasteiger partial charge in [0.25, 0.3) is 0 Å². The Bertz CT molecular complexity index is 318. The van der Waals surface area contributed by atoms with Crippen LogP contribution in [-0.2, 0) is 28.5 Å². The van der Waals surface area contributed by atoms with Gasteiger partial charge < -0.3 is 24.1 Å². The zero-order valence-corrected chi connectivity index (χ0v) is 11.9. The fourth-order valence-electron chi connectivity index (χ4n) is 1.97. The molecule has 3 atom stereocenters. The van der Waals surface area contributed by atoms with Gasteiger partial charge in [0.2, 0.25) is 0 Å². The first-order valence-corrected chi connectivity index (χ1v) is 6.69. The Morgan fingerprint density at radius 2 is 2.00 bits per heavy atom. The number of esters is 2. The quantitative estimate of drug-likeness (QED) is 0.535. The smallest absolute Gasteiger partial charge is 0.302 e. The summed E-state index contributed by atoms with van der Waals surface area (Å²) in [5.74, 6) is -0.752. The summed E-state index contributed by atoms with van der Waals surface area (Å²) in [4.78, 5) is 21.8. The molecule has 1 rings (SSSR count). The van der Waals surface area contributed by atoms with Crippen LogP contribution in [-0.4, -0.2) is 55.4 Å². The van der Waals surface area contributed by atoms with E-state index in [1.165, 1.54) is 13.8 Å². The molecule has 0 unspecified atom stereocenters. The first-order valence-electron chi connectivity index (χ1n) is 6.69. The molecule has 7 nitrogen and oxygen atoms in total. The highest BCUT2D eigenvalue weighted by Gasteiger charge is 2.32. The van der Waals surface area contributed by atoms with Gasteiger partial charge in [0.15, 0.2) is 6.29 Å². The molecule has 0 aromatic heterocycles. The van der Waals surface area contributed by atoms with Crippen LogP contribution >= 0.6 is 0 Å². The van der Waals surface area contributed by atoms with E-state index in [1.807, 2.05) is 0 Å². The minimum absolute atomic E-state index is 0.0387. The van der Waals surface area contributed by atoms with Crippen LogP contribution in [0.25, 0.3) is 0 Å². The third-order valence-electron chi connectivity index (χ3n) is 2.74. The number of hydrogen-bond acceptors (Lipinski definition) is 7. The van der Waals surface area contributed by atoms with E-state index in [9.17, 15) is 9.59 Å². The zero-order chi connectivity index (χ0) is 15.0. The van der Waals surface area contributed by atoms with Gasteiger partial charge in [-0.05, 0) is 6.42 Å². The van der Waals surface area contributed by atoms with Crippen LogP contribution < -0.4 is 0 Å². The van der Waals surface area contributed by atoms with Crippen molar-refractivity contribution in [3.63, 3.8) is 0 Å². The fourth-order valence-corrected chi connectivity index (χ4v) is 1.97. The summed E-state index contributed by atoms with van der Waals surface area (Å²) in [5, 5.41) is 8.72. The molecular formula is C13H22O7. The molecule has 1 saturated heterocycles. The van der Waals surface area contributed by atoms with Crippen molar-refractivity contribution in [3.8, 4) is 0 Å². The van der Waals surface area contributed by atoms with Crippen molar-refractivity contribution in [3.05, 3.63) is 0 Å². The molecule has 1 fully saturated rings. The molecule has 0 amide bonds. The van der Waals surface area contributed by atoms with E-state index < -0.39 is 6.29 Å². The number of carbonyl (C=O) groups excluding carboxylic acids is 2. The van der Waals surface area contributed by atoms with Gasteiger partial charge >= 0.3 is 11.9 Å². The zero-order valence-electron chi connectivity index (χ0n) is 11.9. The molecular weight excluding hydrogens is 268 g/mol. The number of carbonyl (C=O) groups is 2. The lowest BCUT2D eigenvalue weighted by molar-refractivity contribution is -0.229. The topological polar surface area (TPSA) is 91.3 Å². The standard InChI is InChI=1S/C13H22O7/c1-9(15)18-8-12-6-11(19-10(2)16)7-13(20-12)17-5-3-4-14/h11-14H,3-8H2,1-2H3/t11-,12-,13+/m0/s1. The normalized spacial score (nSPS) is 26.1. The first-order chi connectivity index (χ1) is 9.51. The molecule has 0 radical (unpaired) electrons. The van der Waals surface area contributed by atoms with E-state index in [0.717, 1.165) is 0 Å². The van der Waals surface area contributed by atoms with Gasteiger partial charge in [-0.2, -0.15) is 0 Å². The van der Waals surface area contributed by atoms with E-state index in [4.69, 9.17) is 24.1 Å². The second kappa shape index (κ2) is 8.89. The molecule has 1 aliphatic rings. The van der Waals surface area contributed by atoms with Gasteiger partial charge in [-0.1, -0.05) is 0 Å². The Morgan fingerprint density at radius 3 is 2.60 bits per heavy atom. The molecule has 1 N–H and O–H groups in total. The maximum Gasteiger partial charge on any atom is 0.302 e. The summed E-state index contributed by atoms with van der Waals surface area (Å²) < 4.78 is 21.2. The Kier molecular flexibility index (Phi) is 7.50. The molecule has 0 spiro atoms. The Hall–Kier alpha value is -1.18. The molecule has 7 heteroatoms. The van der Waals surface area contributed by atoms with E-state index in [1.54, 1.807) is 0 Å². The highest BCUT2D eigenvalue weighted by atomic mass is 16.7. The van der Waals surface area contributed by atoms with E-state index >= 15 is 0 Å². The summed E-state index contributed by atoms with van der Waals surface area (Å²) in [5.41, 5.74) is 0. The largest absolute Gasteiger partial charge is 0.463 e. The minimum atomic E-state index is -0.528. The number of ether oxygens (including phenoxy) is 4. The van der Waals surface area contributed by atoms with Crippen LogP contribution in [0, 0.1) is 0 Å². The average molecular weight is 290 g/mol. The number of hydrogen-bond donors (Lipinski definition) is 1. The van der Waals surface area contributed by atoms with Crippen LogP contribution in [0.2, 0.25) is 0 Å². The van der Waals surface area contributed by atoms with E-state index in [0.29, 0.717) is 25.9 Å². The van der Waals surface area contributed by atoms with Crippen molar-refractivity contribution in [2.45, 2.75) is 51.6 Å².